The van der Waals surface area contributed by atoms with Gasteiger partial charge in [-0.2, -0.15) is 0 Å². The molecule has 3 heteroatoms. The minimum absolute atomic E-state index is 0.0972. The Morgan fingerprint density at radius 1 is 0.654 bits per heavy atom. The molecule has 0 aliphatic rings. The molecule has 0 heterocycles. The molecule has 0 atom stereocenters. The number of aliphatic hydroxyl groups excluding tert-OH is 1. The van der Waals surface area contributed by atoms with Gasteiger partial charge in [-0.3, -0.25) is 4.79 Å². The Labute approximate surface area is 164 Å². The molecule has 0 aromatic heterocycles. The van der Waals surface area contributed by atoms with Crippen LogP contribution in [0.5, 0.6) is 0 Å². The van der Waals surface area contributed by atoms with Gasteiger partial charge in [-0.25, -0.2) is 0 Å². The number of aliphatic carboxylic acids is 1. The molecule has 0 aromatic rings. The van der Waals surface area contributed by atoms with Crippen molar-refractivity contribution in [2.24, 2.45) is 5.41 Å². The first-order valence-corrected chi connectivity index (χ1v) is 11.2. The van der Waals surface area contributed by atoms with Crippen molar-refractivity contribution in [2.75, 3.05) is 6.61 Å². The van der Waals surface area contributed by atoms with E-state index in [0.29, 0.717) is 6.42 Å². The first-order chi connectivity index (χ1) is 12.3. The van der Waals surface area contributed by atoms with Crippen LogP contribution in [0.15, 0.2) is 0 Å². The van der Waals surface area contributed by atoms with E-state index in [1.165, 1.54) is 83.5 Å². The zero-order valence-corrected chi connectivity index (χ0v) is 18.3. The number of hydrogen-bond acceptors (Lipinski definition) is 2. The number of hydrogen-bond donors (Lipinski definition) is 2. The van der Waals surface area contributed by atoms with Crippen LogP contribution in [0.1, 0.15) is 130 Å². The molecule has 0 bridgehead atoms. The SMILES string of the molecule is CC(C)(C)CO.CCCCCCCCCCCCCCCCCC(=O)O. The Kier molecular flexibility index (Phi) is 22.1. The number of carbonyl (C=O) groups is 1. The van der Waals surface area contributed by atoms with E-state index in [1.54, 1.807) is 0 Å². The van der Waals surface area contributed by atoms with Crippen LogP contribution in [0, 0.1) is 5.41 Å². The molecule has 0 rings (SSSR count). The van der Waals surface area contributed by atoms with Crippen molar-refractivity contribution in [1.82, 2.24) is 0 Å². The van der Waals surface area contributed by atoms with Gasteiger partial charge >= 0.3 is 5.97 Å². The lowest BCUT2D eigenvalue weighted by molar-refractivity contribution is -0.137. The summed E-state index contributed by atoms with van der Waals surface area (Å²) in [6, 6.07) is 0. The molecule has 3 nitrogen and oxygen atoms in total. The molecule has 158 valence electrons. The van der Waals surface area contributed by atoms with Crippen LogP contribution < -0.4 is 0 Å². The highest BCUT2D eigenvalue weighted by molar-refractivity contribution is 5.66. The second-order valence-corrected chi connectivity index (χ2v) is 8.81. The van der Waals surface area contributed by atoms with Gasteiger partial charge in [0, 0.05) is 13.0 Å². The van der Waals surface area contributed by atoms with Crippen molar-refractivity contribution in [3.8, 4) is 0 Å². The average molecular weight is 373 g/mol. The maximum Gasteiger partial charge on any atom is 0.303 e. The van der Waals surface area contributed by atoms with Crippen molar-refractivity contribution in [1.29, 1.82) is 0 Å². The summed E-state index contributed by atoms with van der Waals surface area (Å²) in [6.45, 7) is 8.52. The van der Waals surface area contributed by atoms with Gasteiger partial charge < -0.3 is 10.2 Å². The lowest BCUT2D eigenvalue weighted by Crippen LogP contribution is -2.09. The molecule has 0 amide bonds. The van der Waals surface area contributed by atoms with Crippen LogP contribution >= 0.6 is 0 Å². The second-order valence-electron chi connectivity index (χ2n) is 8.81. The molecular formula is C23H48O3. The zero-order valence-electron chi connectivity index (χ0n) is 18.3. The van der Waals surface area contributed by atoms with Crippen molar-refractivity contribution >= 4 is 5.97 Å². The van der Waals surface area contributed by atoms with Crippen LogP contribution in [-0.2, 0) is 4.79 Å². The molecule has 0 aromatic carbocycles. The van der Waals surface area contributed by atoms with E-state index >= 15 is 0 Å². The minimum Gasteiger partial charge on any atom is -0.481 e. The molecule has 26 heavy (non-hydrogen) atoms. The van der Waals surface area contributed by atoms with Crippen LogP contribution in [-0.4, -0.2) is 22.8 Å². The normalized spacial score (nSPS) is 11.1. The fourth-order valence-electron chi connectivity index (χ4n) is 2.65. The Bertz CT molecular complexity index is 282. The Morgan fingerprint density at radius 3 is 1.15 bits per heavy atom. The number of rotatable bonds is 16. The quantitative estimate of drug-likeness (QED) is 0.278. The van der Waals surface area contributed by atoms with E-state index < -0.39 is 5.97 Å². The van der Waals surface area contributed by atoms with E-state index in [0.717, 1.165) is 12.8 Å². The van der Waals surface area contributed by atoms with Crippen molar-refractivity contribution in [3.05, 3.63) is 0 Å². The van der Waals surface area contributed by atoms with Crippen molar-refractivity contribution in [2.45, 2.75) is 130 Å². The fraction of sp³-hybridized carbons (Fsp3) is 0.957. The van der Waals surface area contributed by atoms with E-state index in [-0.39, 0.29) is 12.0 Å². The molecule has 0 aliphatic carbocycles. The third kappa shape index (κ3) is 31.2. The Balaban J connectivity index is 0. The molecule has 0 saturated carbocycles. The predicted molar refractivity (Wildman–Crippen MR) is 114 cm³/mol. The highest BCUT2D eigenvalue weighted by Gasteiger charge is 2.05. The van der Waals surface area contributed by atoms with E-state index in [9.17, 15) is 4.79 Å². The maximum absolute atomic E-state index is 10.3. The highest BCUT2D eigenvalue weighted by Crippen LogP contribution is 2.13. The third-order valence-electron chi connectivity index (χ3n) is 4.47. The number of carboxylic acid groups (broad SMARTS) is 1. The number of carboxylic acids is 1. The molecule has 2 N–H and O–H groups in total. The van der Waals surface area contributed by atoms with Gasteiger partial charge in [-0.1, -0.05) is 118 Å². The largest absolute Gasteiger partial charge is 0.481 e. The molecular weight excluding hydrogens is 324 g/mol. The van der Waals surface area contributed by atoms with Crippen LogP contribution in [0.4, 0.5) is 0 Å². The number of aliphatic hydroxyl groups is 1. The molecule has 0 saturated heterocycles. The standard InChI is InChI=1S/C18H36O2.C5H12O/c1-2-3-4-5-6-7-8-9-10-11-12-13-14-15-16-17-18(19)20;1-5(2,3)4-6/h2-17H2,1H3,(H,19,20);6H,4H2,1-3H3. The highest BCUT2D eigenvalue weighted by atomic mass is 16.4. The maximum atomic E-state index is 10.3. The van der Waals surface area contributed by atoms with Crippen molar-refractivity contribution in [3.63, 3.8) is 0 Å². The van der Waals surface area contributed by atoms with E-state index in [1.807, 2.05) is 20.8 Å². The van der Waals surface area contributed by atoms with Gasteiger partial charge in [0.25, 0.3) is 0 Å². The van der Waals surface area contributed by atoms with Gasteiger partial charge in [-0.05, 0) is 11.8 Å². The summed E-state index contributed by atoms with van der Waals surface area (Å²) >= 11 is 0. The molecule has 0 spiro atoms. The van der Waals surface area contributed by atoms with E-state index in [2.05, 4.69) is 6.92 Å². The van der Waals surface area contributed by atoms with Gasteiger partial charge in [0.05, 0.1) is 0 Å². The second kappa shape index (κ2) is 20.7. The smallest absolute Gasteiger partial charge is 0.303 e. The fourth-order valence-corrected chi connectivity index (χ4v) is 2.65. The van der Waals surface area contributed by atoms with Gasteiger partial charge in [0.2, 0.25) is 0 Å². The number of unbranched alkanes of at least 4 members (excludes halogenated alkanes) is 14. The predicted octanol–water partition coefficient (Wildman–Crippen LogP) is 7.36. The lowest BCUT2D eigenvalue weighted by Gasteiger charge is -2.11. The topological polar surface area (TPSA) is 57.5 Å². The Morgan fingerprint density at radius 2 is 0.923 bits per heavy atom. The summed E-state index contributed by atoms with van der Waals surface area (Å²) in [6.07, 6.45) is 20.2. The summed E-state index contributed by atoms with van der Waals surface area (Å²) in [5, 5.41) is 16.9. The summed E-state index contributed by atoms with van der Waals surface area (Å²) in [4.78, 5) is 10.3. The first kappa shape index (κ1) is 27.6. The van der Waals surface area contributed by atoms with Crippen LogP contribution in [0.25, 0.3) is 0 Å². The van der Waals surface area contributed by atoms with Crippen LogP contribution in [0.3, 0.4) is 0 Å². The molecule has 0 fully saturated rings. The van der Waals surface area contributed by atoms with Gasteiger partial charge in [-0.15, -0.1) is 0 Å². The molecule has 0 unspecified atom stereocenters. The minimum atomic E-state index is -0.653. The summed E-state index contributed by atoms with van der Waals surface area (Å²) in [7, 11) is 0. The molecule has 0 radical (unpaired) electrons. The van der Waals surface area contributed by atoms with Gasteiger partial charge in [0.15, 0.2) is 0 Å². The summed E-state index contributed by atoms with van der Waals surface area (Å²) in [5.74, 6) is -0.653. The van der Waals surface area contributed by atoms with Crippen molar-refractivity contribution < 1.29 is 15.0 Å². The van der Waals surface area contributed by atoms with Gasteiger partial charge in [0.1, 0.15) is 0 Å². The summed E-state index contributed by atoms with van der Waals surface area (Å²) in [5.41, 5.74) is 0.0972. The summed E-state index contributed by atoms with van der Waals surface area (Å²) < 4.78 is 0. The molecule has 0 aliphatic heterocycles. The zero-order chi connectivity index (χ0) is 20.1. The van der Waals surface area contributed by atoms with E-state index in [4.69, 9.17) is 10.2 Å². The Hall–Kier alpha value is -0.570. The van der Waals surface area contributed by atoms with Crippen LogP contribution in [0.2, 0.25) is 0 Å². The third-order valence-corrected chi connectivity index (χ3v) is 4.47. The first-order valence-electron chi connectivity index (χ1n) is 11.2. The monoisotopic (exact) mass is 372 g/mol. The lowest BCUT2D eigenvalue weighted by atomic mass is 9.99. The average Bonchev–Trinajstić information content (AvgIpc) is 2.58.